The van der Waals surface area contributed by atoms with E-state index in [4.69, 9.17) is 42.5 Å². The molecule has 1 radical (unpaired) electrons. The first-order valence-corrected chi connectivity index (χ1v) is 5.94. The summed E-state index contributed by atoms with van der Waals surface area (Å²) in [5.41, 5.74) is 0. The van der Waals surface area contributed by atoms with Crippen molar-refractivity contribution in [2.75, 3.05) is 38.2 Å². The smallest absolute Gasteiger partial charge is 0.104 e. The van der Waals surface area contributed by atoms with Gasteiger partial charge in [-0.3, -0.25) is 0 Å². The maximum absolute atomic E-state index is 9.12. The van der Waals surface area contributed by atoms with Gasteiger partial charge in [0.25, 0.3) is 0 Å². The summed E-state index contributed by atoms with van der Waals surface area (Å²) in [5, 5.41) is 9.12. The van der Waals surface area contributed by atoms with Crippen molar-refractivity contribution in [2.24, 2.45) is 0 Å². The van der Waals surface area contributed by atoms with Gasteiger partial charge in [-0.1, -0.05) is 0 Å². The molecule has 1 N–H and O–H groups in total. The van der Waals surface area contributed by atoms with E-state index in [1.165, 1.54) is 0 Å². The van der Waals surface area contributed by atoms with Crippen molar-refractivity contribution >= 4 is 23.2 Å². The Morgan fingerprint density at radius 1 is 1.31 bits per heavy atom. The van der Waals surface area contributed by atoms with E-state index in [1.54, 1.807) is 0 Å². The molecule has 1 saturated heterocycles. The molecule has 4 nitrogen and oxygen atoms in total. The van der Waals surface area contributed by atoms with Crippen molar-refractivity contribution in [3.05, 3.63) is 0 Å². The Labute approximate surface area is 131 Å². The molecule has 3 atom stereocenters. The van der Waals surface area contributed by atoms with Crippen LogP contribution in [0.5, 0.6) is 0 Å². The second-order valence-electron chi connectivity index (χ2n) is 3.41. The van der Waals surface area contributed by atoms with E-state index in [0.29, 0.717) is 19.1 Å². The number of hydrogen-bond acceptors (Lipinski definition) is 4. The third-order valence-electron chi connectivity index (χ3n) is 1.88. The molecule has 0 aromatic carbocycles. The molecule has 0 aromatic rings. The van der Waals surface area contributed by atoms with E-state index in [9.17, 15) is 0 Å². The molecular formula is C9H16Cl2O4Y. The van der Waals surface area contributed by atoms with Crippen LogP contribution in [0.3, 0.4) is 0 Å². The van der Waals surface area contributed by atoms with Crippen LogP contribution in [0.2, 0.25) is 0 Å². The van der Waals surface area contributed by atoms with Crippen molar-refractivity contribution in [2.45, 2.75) is 18.3 Å². The molecule has 1 fully saturated rings. The molecule has 0 bridgehead atoms. The van der Waals surface area contributed by atoms with Crippen molar-refractivity contribution in [1.82, 2.24) is 0 Å². The Kier molecular flexibility index (Phi) is 11.4. The first-order valence-electron chi connectivity index (χ1n) is 4.87. The van der Waals surface area contributed by atoms with E-state index in [-0.39, 0.29) is 57.4 Å². The number of aliphatic hydroxyl groups is 1. The van der Waals surface area contributed by atoms with Gasteiger partial charge in [-0.25, -0.2) is 0 Å². The number of hydrogen-bond donors (Lipinski definition) is 1. The fourth-order valence-corrected chi connectivity index (χ4v) is 1.19. The largest absolute Gasteiger partial charge is 0.389 e. The number of rotatable bonds is 9. The second-order valence-corrected chi connectivity index (χ2v) is 4.03. The first kappa shape index (κ1) is 17.5. The van der Waals surface area contributed by atoms with Crippen LogP contribution >= 0.6 is 23.2 Å². The summed E-state index contributed by atoms with van der Waals surface area (Å²) >= 11 is 11.1. The number of halogens is 2. The quantitative estimate of drug-likeness (QED) is 0.491. The van der Waals surface area contributed by atoms with Gasteiger partial charge in [-0.05, 0) is 0 Å². The van der Waals surface area contributed by atoms with Crippen LogP contribution in [0.25, 0.3) is 0 Å². The van der Waals surface area contributed by atoms with Crippen molar-refractivity contribution < 1.29 is 52.0 Å². The third-order valence-corrected chi connectivity index (χ3v) is 2.58. The van der Waals surface area contributed by atoms with E-state index >= 15 is 0 Å². The van der Waals surface area contributed by atoms with E-state index in [1.807, 2.05) is 0 Å². The molecule has 0 saturated carbocycles. The monoisotopic (exact) mass is 347 g/mol. The third kappa shape index (κ3) is 8.59. The van der Waals surface area contributed by atoms with Crippen LogP contribution < -0.4 is 0 Å². The molecule has 1 heterocycles. The standard InChI is InChI=1S/C9H16Cl2O4.Y/c10-1-7(12)3-13-4-8(2-11)14-5-9-6-15-9;/h7-9,12H,1-6H2;. The number of alkyl halides is 2. The summed E-state index contributed by atoms with van der Waals surface area (Å²) in [6.07, 6.45) is -0.558. The molecule has 1 aliphatic heterocycles. The van der Waals surface area contributed by atoms with Gasteiger partial charge in [0.05, 0.1) is 50.4 Å². The normalized spacial score (nSPS) is 22.3. The topological polar surface area (TPSA) is 51.2 Å². The average molecular weight is 348 g/mol. The van der Waals surface area contributed by atoms with Gasteiger partial charge in [0, 0.05) is 32.7 Å². The maximum Gasteiger partial charge on any atom is 0.104 e. The van der Waals surface area contributed by atoms with E-state index in [2.05, 4.69) is 0 Å². The van der Waals surface area contributed by atoms with Crippen molar-refractivity contribution in [3.63, 3.8) is 0 Å². The maximum atomic E-state index is 9.12. The number of ether oxygens (including phenoxy) is 3. The minimum atomic E-state index is -0.630. The summed E-state index contributed by atoms with van der Waals surface area (Å²) < 4.78 is 15.6. The van der Waals surface area contributed by atoms with Crippen LogP contribution in [0.15, 0.2) is 0 Å². The molecule has 0 amide bonds. The Hall–Kier alpha value is 1.52. The van der Waals surface area contributed by atoms with Gasteiger partial charge < -0.3 is 19.3 Å². The predicted molar refractivity (Wildman–Crippen MR) is 57.7 cm³/mol. The summed E-state index contributed by atoms with van der Waals surface area (Å²) in [4.78, 5) is 0. The van der Waals surface area contributed by atoms with Gasteiger partial charge in [-0.2, -0.15) is 0 Å². The van der Waals surface area contributed by atoms with Crippen molar-refractivity contribution in [3.8, 4) is 0 Å². The van der Waals surface area contributed by atoms with Crippen LogP contribution in [0.4, 0.5) is 0 Å². The summed E-state index contributed by atoms with van der Waals surface area (Å²) in [6, 6.07) is 0. The van der Waals surface area contributed by atoms with E-state index in [0.717, 1.165) is 6.61 Å². The Balaban J connectivity index is 0.00000225. The number of epoxide rings is 1. The molecule has 0 spiro atoms. The molecule has 3 unspecified atom stereocenters. The van der Waals surface area contributed by atoms with Gasteiger partial charge in [0.2, 0.25) is 0 Å². The van der Waals surface area contributed by atoms with E-state index < -0.39 is 6.10 Å². The van der Waals surface area contributed by atoms with Gasteiger partial charge in [0.1, 0.15) is 6.10 Å². The van der Waals surface area contributed by atoms with Crippen LogP contribution in [0, 0.1) is 0 Å². The fraction of sp³-hybridized carbons (Fsp3) is 1.00. The van der Waals surface area contributed by atoms with Gasteiger partial charge in [-0.15, -0.1) is 23.2 Å². The molecule has 93 valence electrons. The molecule has 1 aliphatic rings. The fourth-order valence-electron chi connectivity index (χ4n) is 0.925. The van der Waals surface area contributed by atoms with Crippen LogP contribution in [-0.4, -0.2) is 61.6 Å². The second kappa shape index (κ2) is 10.4. The Morgan fingerprint density at radius 2 is 2.00 bits per heavy atom. The SMILES string of the molecule is OC(CCl)COCC(CCl)OCC1CO1.[Y]. The molecule has 1 rings (SSSR count). The zero-order chi connectivity index (χ0) is 11.1. The zero-order valence-electron chi connectivity index (χ0n) is 8.98. The molecule has 16 heavy (non-hydrogen) atoms. The minimum Gasteiger partial charge on any atom is -0.389 e. The van der Waals surface area contributed by atoms with Crippen molar-refractivity contribution in [1.29, 1.82) is 0 Å². The molecule has 0 aliphatic carbocycles. The summed E-state index contributed by atoms with van der Waals surface area (Å²) in [5.74, 6) is 0.534. The summed E-state index contributed by atoms with van der Waals surface area (Å²) in [6.45, 7) is 1.89. The first-order chi connectivity index (χ1) is 7.26. The van der Waals surface area contributed by atoms with Gasteiger partial charge in [0.15, 0.2) is 0 Å². The zero-order valence-corrected chi connectivity index (χ0v) is 13.3. The van der Waals surface area contributed by atoms with Crippen LogP contribution in [0.1, 0.15) is 0 Å². The molecule has 7 heteroatoms. The van der Waals surface area contributed by atoms with Gasteiger partial charge >= 0.3 is 0 Å². The Morgan fingerprint density at radius 3 is 2.50 bits per heavy atom. The molecule has 0 aromatic heterocycles. The Bertz CT molecular complexity index is 172. The summed E-state index contributed by atoms with van der Waals surface area (Å²) in [7, 11) is 0. The minimum absolute atomic E-state index is 0. The average Bonchev–Trinajstić information content (AvgIpc) is 3.06. The number of aliphatic hydroxyl groups excluding tert-OH is 1. The molecular weight excluding hydrogens is 332 g/mol. The van der Waals surface area contributed by atoms with Crippen LogP contribution in [-0.2, 0) is 46.9 Å². The predicted octanol–water partition coefficient (Wildman–Crippen LogP) is 0.623.